The molecular weight excluding hydrogens is 502 g/mol. The van der Waals surface area contributed by atoms with Gasteiger partial charge in [0, 0.05) is 16.4 Å². The Bertz CT molecular complexity index is 1130. The Morgan fingerprint density at radius 3 is 2.38 bits per heavy atom. The first-order valence-electron chi connectivity index (χ1n) is 9.33. The third-order valence-corrected chi connectivity index (χ3v) is 6.20. The van der Waals surface area contributed by atoms with Crippen LogP contribution in [0.1, 0.15) is 27.0 Å². The molecule has 0 radical (unpaired) electrons. The molecule has 0 spiro atoms. The van der Waals surface area contributed by atoms with E-state index in [1.54, 1.807) is 6.07 Å². The van der Waals surface area contributed by atoms with Crippen LogP contribution in [-0.4, -0.2) is 41.0 Å². The Kier molecular flexibility index (Phi) is 8.59. The quantitative estimate of drug-likeness (QED) is 0.128. The highest BCUT2D eigenvalue weighted by Crippen LogP contribution is 2.42. The highest BCUT2D eigenvalue weighted by Gasteiger charge is 2.44. The molecule has 1 aromatic heterocycles. The maximum absolute atomic E-state index is 12.3. The summed E-state index contributed by atoms with van der Waals surface area (Å²) in [5.41, 5.74) is 5.82. The van der Waals surface area contributed by atoms with E-state index in [0.29, 0.717) is 10.4 Å². The fourth-order valence-electron chi connectivity index (χ4n) is 2.42. The molecule has 184 valence electrons. The van der Waals surface area contributed by atoms with Crippen molar-refractivity contribution in [1.82, 2.24) is 5.32 Å². The molecule has 0 aliphatic carbocycles. The molecule has 10 nitrogen and oxygen atoms in total. The van der Waals surface area contributed by atoms with Crippen LogP contribution in [0.3, 0.4) is 0 Å². The Labute approximate surface area is 194 Å². The van der Waals surface area contributed by atoms with Gasteiger partial charge in [-0.2, -0.15) is 13.2 Å². The number of nitrogen functional groups attached to an aromatic ring is 1. The van der Waals surface area contributed by atoms with E-state index in [1.165, 1.54) is 37.3 Å². The van der Waals surface area contributed by atoms with E-state index in [1.807, 2.05) is 5.32 Å². The van der Waals surface area contributed by atoms with E-state index in [2.05, 4.69) is 4.52 Å². The number of nitrogens with one attached hydrogen (secondary N) is 2. The first-order chi connectivity index (χ1) is 15.7. The standard InChI is InChI=1S/C19H19F3N3O7PS/c1-10(16(26)25-9-33(29,30)32-18(28)19(20,21)22)8-13-6-7-14(34-13)17(27)31-12-4-2-11(3-5-12)15(23)24/h2-7,10H,8-9H2,1H3,(H3,23,24)(H,25,26)(H,29,30). The molecular formula is C19H19F3N3O7PS. The number of benzene rings is 1. The number of halogens is 3. The van der Waals surface area contributed by atoms with Crippen molar-refractivity contribution in [2.75, 3.05) is 6.29 Å². The minimum atomic E-state index is -5.45. The molecule has 34 heavy (non-hydrogen) atoms. The largest absolute Gasteiger partial charge is 0.491 e. The van der Waals surface area contributed by atoms with Crippen molar-refractivity contribution in [3.05, 3.63) is 51.7 Å². The number of alkyl halides is 3. The number of carbonyl (C=O) groups is 3. The zero-order valence-electron chi connectivity index (χ0n) is 17.4. The van der Waals surface area contributed by atoms with Gasteiger partial charge in [0.05, 0.1) is 0 Å². The van der Waals surface area contributed by atoms with E-state index in [-0.39, 0.29) is 22.9 Å². The molecule has 0 fully saturated rings. The number of thiophene rings is 1. The SMILES string of the molecule is CC(Cc1ccc(C(=O)Oc2ccc(C(=N)N)cc2)s1)C(=O)NCP(=O)(O)OC(=O)C(F)(F)F. The van der Waals surface area contributed by atoms with Gasteiger partial charge in [0.15, 0.2) is 0 Å². The normalized spacial score (nSPS) is 13.9. The molecule has 2 atom stereocenters. The number of esters is 1. The van der Waals surface area contributed by atoms with Crippen molar-refractivity contribution in [3.63, 3.8) is 0 Å². The molecule has 5 N–H and O–H groups in total. The Balaban J connectivity index is 1.89. The van der Waals surface area contributed by atoms with Gasteiger partial charge in [0.2, 0.25) is 5.91 Å². The number of amidine groups is 1. The first-order valence-corrected chi connectivity index (χ1v) is 11.9. The van der Waals surface area contributed by atoms with Crippen molar-refractivity contribution >= 4 is 42.6 Å². The molecule has 1 amide bonds. The maximum atomic E-state index is 12.3. The number of amides is 1. The topological polar surface area (TPSA) is 169 Å². The molecule has 0 aliphatic rings. The molecule has 0 saturated heterocycles. The summed E-state index contributed by atoms with van der Waals surface area (Å²) >= 11 is 1.04. The lowest BCUT2D eigenvalue weighted by Gasteiger charge is -2.15. The zero-order chi connectivity index (χ0) is 25.7. The number of hydrogen-bond acceptors (Lipinski definition) is 8. The van der Waals surface area contributed by atoms with Gasteiger partial charge in [-0.3, -0.25) is 10.2 Å². The second-order valence-corrected chi connectivity index (χ2v) is 9.85. The number of rotatable bonds is 9. The van der Waals surface area contributed by atoms with Crippen LogP contribution in [0.5, 0.6) is 5.75 Å². The number of hydrogen-bond donors (Lipinski definition) is 4. The van der Waals surface area contributed by atoms with Crippen LogP contribution in [0.4, 0.5) is 13.2 Å². The van der Waals surface area contributed by atoms with Crippen LogP contribution in [0.15, 0.2) is 36.4 Å². The van der Waals surface area contributed by atoms with E-state index >= 15 is 0 Å². The molecule has 1 heterocycles. The monoisotopic (exact) mass is 521 g/mol. The second kappa shape index (κ2) is 10.8. The van der Waals surface area contributed by atoms with Crippen LogP contribution >= 0.6 is 18.9 Å². The van der Waals surface area contributed by atoms with Gasteiger partial charge < -0.3 is 25.2 Å². The Morgan fingerprint density at radius 2 is 1.82 bits per heavy atom. The van der Waals surface area contributed by atoms with Crippen molar-refractivity contribution in [3.8, 4) is 5.75 Å². The Hall–Kier alpha value is -3.22. The van der Waals surface area contributed by atoms with Gasteiger partial charge >= 0.3 is 25.7 Å². The summed E-state index contributed by atoms with van der Waals surface area (Å²) < 4.78 is 56.7. The van der Waals surface area contributed by atoms with E-state index in [9.17, 15) is 37.0 Å². The third kappa shape index (κ3) is 7.97. The van der Waals surface area contributed by atoms with Gasteiger partial charge in [-0.25, -0.2) is 14.2 Å². The highest BCUT2D eigenvalue weighted by atomic mass is 32.1. The molecule has 0 saturated carbocycles. The lowest BCUT2D eigenvalue weighted by molar-refractivity contribution is -0.190. The summed E-state index contributed by atoms with van der Waals surface area (Å²) in [6, 6.07) is 9.03. The fourth-order valence-corrected chi connectivity index (χ4v) is 4.21. The van der Waals surface area contributed by atoms with Gasteiger partial charge in [-0.15, -0.1) is 11.3 Å². The van der Waals surface area contributed by atoms with E-state index in [0.717, 1.165) is 11.3 Å². The van der Waals surface area contributed by atoms with Crippen LogP contribution in [0, 0.1) is 11.3 Å². The van der Waals surface area contributed by atoms with Crippen LogP contribution < -0.4 is 15.8 Å². The van der Waals surface area contributed by atoms with Crippen molar-refractivity contribution in [2.45, 2.75) is 19.5 Å². The van der Waals surface area contributed by atoms with Crippen molar-refractivity contribution < 1.29 is 46.3 Å². The lowest BCUT2D eigenvalue weighted by atomic mass is 10.1. The maximum Gasteiger partial charge on any atom is 0.491 e. The predicted molar refractivity (Wildman–Crippen MR) is 115 cm³/mol. The smallest absolute Gasteiger partial charge is 0.422 e. The molecule has 0 bridgehead atoms. The summed E-state index contributed by atoms with van der Waals surface area (Å²) in [5, 5.41) is 9.30. The predicted octanol–water partition coefficient (Wildman–Crippen LogP) is 2.79. The average Bonchev–Trinajstić information content (AvgIpc) is 3.20. The second-order valence-electron chi connectivity index (χ2n) is 6.91. The molecule has 0 aliphatic heterocycles. The highest BCUT2D eigenvalue weighted by molar-refractivity contribution is 7.53. The van der Waals surface area contributed by atoms with Crippen LogP contribution in [0.2, 0.25) is 0 Å². The van der Waals surface area contributed by atoms with Crippen LogP contribution in [0.25, 0.3) is 0 Å². The third-order valence-electron chi connectivity index (χ3n) is 4.10. The van der Waals surface area contributed by atoms with Crippen molar-refractivity contribution in [2.24, 2.45) is 11.7 Å². The van der Waals surface area contributed by atoms with Gasteiger partial charge in [0.1, 0.15) is 22.7 Å². The minimum absolute atomic E-state index is 0.106. The van der Waals surface area contributed by atoms with Crippen molar-refractivity contribution in [1.29, 1.82) is 5.41 Å². The summed E-state index contributed by atoms with van der Waals surface area (Å²) in [6.07, 6.45) is -6.54. The summed E-state index contributed by atoms with van der Waals surface area (Å²) in [4.78, 5) is 45.2. The summed E-state index contributed by atoms with van der Waals surface area (Å²) in [6.45, 7) is 1.45. The lowest BCUT2D eigenvalue weighted by Crippen LogP contribution is -2.32. The number of carbonyl (C=O) groups excluding carboxylic acids is 3. The van der Waals surface area contributed by atoms with Gasteiger partial charge in [-0.1, -0.05) is 6.92 Å². The van der Waals surface area contributed by atoms with Gasteiger partial charge in [-0.05, 0) is 42.8 Å². The molecule has 2 rings (SSSR count). The van der Waals surface area contributed by atoms with Crippen LogP contribution in [-0.2, 0) is 25.1 Å². The summed E-state index contributed by atoms with van der Waals surface area (Å²) in [7, 11) is -5.05. The zero-order valence-corrected chi connectivity index (χ0v) is 19.1. The summed E-state index contributed by atoms with van der Waals surface area (Å²) in [5.74, 6) is -4.97. The Morgan fingerprint density at radius 1 is 1.21 bits per heavy atom. The fraction of sp³-hybridized carbons (Fsp3) is 0.263. The average molecular weight is 521 g/mol. The van der Waals surface area contributed by atoms with Gasteiger partial charge in [0.25, 0.3) is 0 Å². The number of nitrogens with two attached hydrogens (primary N) is 1. The molecule has 15 heteroatoms. The molecule has 1 aromatic carbocycles. The van der Waals surface area contributed by atoms with E-state index < -0.39 is 43.8 Å². The first kappa shape index (κ1) is 27.0. The molecule has 2 aromatic rings. The number of ether oxygens (including phenoxy) is 1. The molecule has 2 unspecified atom stereocenters. The van der Waals surface area contributed by atoms with E-state index in [4.69, 9.17) is 15.9 Å². The minimum Gasteiger partial charge on any atom is -0.422 e.